The van der Waals surface area contributed by atoms with Gasteiger partial charge >= 0.3 is 0 Å². The van der Waals surface area contributed by atoms with Gasteiger partial charge in [0.25, 0.3) is 5.91 Å². The number of benzene rings is 1. The summed E-state index contributed by atoms with van der Waals surface area (Å²) in [4.78, 5) is 15.1. The van der Waals surface area contributed by atoms with E-state index in [2.05, 4.69) is 10.2 Å². The zero-order valence-corrected chi connectivity index (χ0v) is 20.7. The van der Waals surface area contributed by atoms with Gasteiger partial charge in [0.1, 0.15) is 0 Å². The van der Waals surface area contributed by atoms with Crippen LogP contribution in [0.15, 0.2) is 30.3 Å². The van der Waals surface area contributed by atoms with Gasteiger partial charge in [-0.05, 0) is 37.8 Å². The lowest BCUT2D eigenvalue weighted by Gasteiger charge is -2.48. The summed E-state index contributed by atoms with van der Waals surface area (Å²) in [5.74, 6) is 0.129. The van der Waals surface area contributed by atoms with Crippen LogP contribution in [0.2, 0.25) is 0 Å². The number of nitrogens with zero attached hydrogens (tertiary/aromatic N) is 2. The van der Waals surface area contributed by atoms with Crippen molar-refractivity contribution in [3.8, 4) is 0 Å². The number of carbonyl (C=O) groups excluding carboxylic acids is 1. The number of alkyl halides is 1. The van der Waals surface area contributed by atoms with E-state index in [9.17, 15) is 13.2 Å². The predicted octanol–water partition coefficient (Wildman–Crippen LogP) is 3.51. The average Bonchev–Trinajstić information content (AvgIpc) is 2.94. The number of carbonyl (C=O) groups is 1. The summed E-state index contributed by atoms with van der Waals surface area (Å²) in [7, 11) is -3.18. The molecule has 1 aliphatic heterocycles. The van der Waals surface area contributed by atoms with Crippen LogP contribution < -0.4 is 5.32 Å². The smallest absolute Gasteiger partial charge is 0.251 e. The minimum Gasteiger partial charge on any atom is -0.350 e. The molecule has 0 bridgehead atoms. The van der Waals surface area contributed by atoms with Gasteiger partial charge in [0.05, 0.1) is 5.75 Å². The van der Waals surface area contributed by atoms with E-state index in [1.54, 1.807) is 4.31 Å². The molecule has 2 unspecified atom stereocenters. The first kappa shape index (κ1) is 26.4. The van der Waals surface area contributed by atoms with Crippen LogP contribution in [0.1, 0.15) is 55.8 Å². The molecule has 1 aromatic carbocycles. The molecule has 3 rings (SSSR count). The molecule has 2 aliphatic rings. The summed E-state index contributed by atoms with van der Waals surface area (Å²) in [6.45, 7) is 4.78. The molecule has 2 atom stereocenters. The Morgan fingerprint density at radius 3 is 2.48 bits per heavy atom. The first-order valence-corrected chi connectivity index (χ1v) is 13.1. The standard InChI is InChI=1S/C22H34ClN3O3S.ClH/c1-2-16-30(28,29)26-14-12-25(13-15-26)22(11-7-6-10-20(23)17-22)18-24-21(27)19-8-4-3-5-9-19;/h3-5,8-9,20H,2,6-7,10-18H2,1H3,(H,24,27);1H. The minimum absolute atomic E-state index is 0. The van der Waals surface area contributed by atoms with Gasteiger partial charge in [-0.1, -0.05) is 38.0 Å². The van der Waals surface area contributed by atoms with E-state index < -0.39 is 10.0 Å². The number of halogens is 2. The van der Waals surface area contributed by atoms with Gasteiger partial charge in [-0.25, -0.2) is 8.42 Å². The Labute approximate surface area is 198 Å². The maximum Gasteiger partial charge on any atom is 0.251 e. The molecule has 0 aromatic heterocycles. The molecule has 1 aliphatic carbocycles. The van der Waals surface area contributed by atoms with Crippen molar-refractivity contribution in [2.24, 2.45) is 0 Å². The number of hydrogen-bond donors (Lipinski definition) is 1. The van der Waals surface area contributed by atoms with Crippen molar-refractivity contribution < 1.29 is 13.2 Å². The summed E-state index contributed by atoms with van der Waals surface area (Å²) in [5, 5.41) is 3.22. The van der Waals surface area contributed by atoms with Crippen LogP contribution in [0.5, 0.6) is 0 Å². The van der Waals surface area contributed by atoms with Crippen LogP contribution in [0.4, 0.5) is 0 Å². The molecule has 1 aromatic rings. The fourth-order valence-corrected chi connectivity index (χ4v) is 6.70. The van der Waals surface area contributed by atoms with E-state index in [1.807, 2.05) is 37.3 Å². The van der Waals surface area contributed by atoms with E-state index in [1.165, 1.54) is 0 Å². The lowest BCUT2D eigenvalue weighted by atomic mass is 9.87. The van der Waals surface area contributed by atoms with E-state index in [4.69, 9.17) is 11.6 Å². The predicted molar refractivity (Wildman–Crippen MR) is 129 cm³/mol. The maximum atomic E-state index is 12.7. The van der Waals surface area contributed by atoms with Gasteiger partial charge in [0.2, 0.25) is 10.0 Å². The van der Waals surface area contributed by atoms with Gasteiger partial charge in [-0.15, -0.1) is 24.0 Å². The van der Waals surface area contributed by atoms with Crippen molar-refractivity contribution in [2.75, 3.05) is 38.5 Å². The summed E-state index contributed by atoms with van der Waals surface area (Å²) < 4.78 is 26.5. The second kappa shape index (κ2) is 11.8. The van der Waals surface area contributed by atoms with Crippen LogP contribution in [-0.2, 0) is 10.0 Å². The van der Waals surface area contributed by atoms with Crippen LogP contribution in [0.25, 0.3) is 0 Å². The number of amides is 1. The number of rotatable bonds is 7. The minimum atomic E-state index is -3.18. The zero-order chi connectivity index (χ0) is 21.6. The summed E-state index contributed by atoms with van der Waals surface area (Å²) in [6.07, 6.45) is 5.55. The number of piperazine rings is 1. The summed E-state index contributed by atoms with van der Waals surface area (Å²) in [5.41, 5.74) is 0.424. The highest BCUT2D eigenvalue weighted by atomic mass is 35.5. The molecule has 1 amide bonds. The fourth-order valence-electron chi connectivity index (χ4n) is 4.76. The Hall–Kier alpha value is -0.860. The van der Waals surface area contributed by atoms with Crippen molar-refractivity contribution in [3.63, 3.8) is 0 Å². The molecule has 1 saturated heterocycles. The van der Waals surface area contributed by atoms with Gasteiger partial charge < -0.3 is 5.32 Å². The largest absolute Gasteiger partial charge is 0.350 e. The molecule has 0 spiro atoms. The first-order valence-electron chi connectivity index (χ1n) is 11.1. The van der Waals surface area contributed by atoms with Gasteiger partial charge in [0.15, 0.2) is 0 Å². The molecular formula is C22H35Cl2N3O3S. The van der Waals surface area contributed by atoms with Crippen molar-refractivity contribution in [2.45, 2.75) is 56.4 Å². The van der Waals surface area contributed by atoms with E-state index in [0.29, 0.717) is 44.7 Å². The third kappa shape index (κ3) is 6.81. The van der Waals surface area contributed by atoms with Crippen LogP contribution >= 0.6 is 24.0 Å². The Bertz CT molecular complexity index is 801. The zero-order valence-electron chi connectivity index (χ0n) is 18.3. The topological polar surface area (TPSA) is 69.7 Å². The molecule has 1 saturated carbocycles. The molecule has 176 valence electrons. The van der Waals surface area contributed by atoms with E-state index in [-0.39, 0.29) is 35.0 Å². The van der Waals surface area contributed by atoms with Crippen LogP contribution in [0.3, 0.4) is 0 Å². The lowest BCUT2D eigenvalue weighted by molar-refractivity contribution is 0.0397. The average molecular weight is 493 g/mol. The molecule has 1 N–H and O–H groups in total. The number of hydrogen-bond acceptors (Lipinski definition) is 4. The van der Waals surface area contributed by atoms with Crippen LogP contribution in [0, 0.1) is 0 Å². The highest BCUT2D eigenvalue weighted by Crippen LogP contribution is 2.35. The first-order chi connectivity index (χ1) is 14.4. The van der Waals surface area contributed by atoms with Crippen molar-refractivity contribution in [3.05, 3.63) is 35.9 Å². The Morgan fingerprint density at radius 1 is 1.16 bits per heavy atom. The Kier molecular flexibility index (Phi) is 10.1. The fraction of sp³-hybridized carbons (Fsp3) is 0.682. The molecule has 6 nitrogen and oxygen atoms in total. The monoisotopic (exact) mass is 491 g/mol. The highest BCUT2D eigenvalue weighted by Gasteiger charge is 2.42. The molecular weight excluding hydrogens is 457 g/mol. The van der Waals surface area contributed by atoms with Gasteiger partial charge in [-0.3, -0.25) is 9.69 Å². The van der Waals surface area contributed by atoms with Crippen molar-refractivity contribution in [1.29, 1.82) is 0 Å². The Balaban J connectivity index is 0.00000341. The van der Waals surface area contributed by atoms with Gasteiger partial charge in [0, 0.05) is 49.2 Å². The molecule has 1 heterocycles. The third-order valence-electron chi connectivity index (χ3n) is 6.39. The van der Waals surface area contributed by atoms with Gasteiger partial charge in [-0.2, -0.15) is 4.31 Å². The third-order valence-corrected chi connectivity index (χ3v) is 8.84. The quantitative estimate of drug-likeness (QED) is 0.467. The summed E-state index contributed by atoms with van der Waals surface area (Å²) in [6, 6.07) is 9.25. The number of nitrogens with one attached hydrogen (secondary N) is 1. The SMILES string of the molecule is CCCS(=O)(=O)N1CCN(C2(CNC(=O)c3ccccc3)CCCCC(Cl)C2)CC1.Cl. The van der Waals surface area contributed by atoms with E-state index >= 15 is 0 Å². The second-order valence-electron chi connectivity index (χ2n) is 8.52. The number of sulfonamides is 1. The second-order valence-corrected chi connectivity index (χ2v) is 11.2. The molecule has 2 fully saturated rings. The van der Waals surface area contributed by atoms with E-state index in [0.717, 1.165) is 32.1 Å². The maximum absolute atomic E-state index is 12.7. The normalized spacial score (nSPS) is 25.9. The van der Waals surface area contributed by atoms with Crippen LogP contribution in [-0.4, -0.2) is 72.9 Å². The summed E-state index contributed by atoms with van der Waals surface area (Å²) >= 11 is 6.65. The lowest BCUT2D eigenvalue weighted by Crippen LogP contribution is -2.62. The highest BCUT2D eigenvalue weighted by molar-refractivity contribution is 7.89. The molecule has 0 radical (unpaired) electrons. The molecule has 31 heavy (non-hydrogen) atoms. The Morgan fingerprint density at radius 2 is 1.84 bits per heavy atom. The molecule has 9 heteroatoms. The van der Waals surface area contributed by atoms with Crippen molar-refractivity contribution >= 4 is 39.9 Å². The van der Waals surface area contributed by atoms with Crippen molar-refractivity contribution in [1.82, 2.24) is 14.5 Å².